The number of hydrogen-bond acceptors (Lipinski definition) is 7. The van der Waals surface area contributed by atoms with Crippen LogP contribution in [0.3, 0.4) is 0 Å². The maximum atomic E-state index is 9.42. The maximum Gasteiger partial charge on any atom is 0.239 e. The summed E-state index contributed by atoms with van der Waals surface area (Å²) in [5, 5.41) is 18.5. The van der Waals surface area contributed by atoms with Crippen LogP contribution in [0.15, 0.2) is 101 Å². The van der Waals surface area contributed by atoms with E-state index >= 15 is 0 Å². The van der Waals surface area contributed by atoms with Crippen LogP contribution in [0.1, 0.15) is 13.8 Å². The van der Waals surface area contributed by atoms with Gasteiger partial charge < -0.3 is 19.6 Å². The lowest BCUT2D eigenvalue weighted by molar-refractivity contribution is -0.538. The molecule has 8 nitrogen and oxygen atoms in total. The van der Waals surface area contributed by atoms with Crippen LogP contribution in [0.5, 0.6) is 0 Å². The number of hydrogen-bond donors (Lipinski definition) is 1. The van der Waals surface area contributed by atoms with Gasteiger partial charge in [-0.1, -0.05) is 18.2 Å². The van der Waals surface area contributed by atoms with Crippen molar-refractivity contribution < 1.29 is 14.4 Å². The molecule has 0 aliphatic rings. The quantitative estimate of drug-likeness (QED) is 0.111. The molecule has 0 atom stereocenters. The van der Waals surface area contributed by atoms with Gasteiger partial charge in [0.25, 0.3) is 0 Å². The minimum absolute atomic E-state index is 0.0804. The predicted octanol–water partition coefficient (Wildman–Crippen LogP) is 6.37. The topological polar surface area (TPSA) is 77.4 Å². The van der Waals surface area contributed by atoms with Crippen molar-refractivity contribution in [3.8, 4) is 5.69 Å². The number of fused-ring (bicyclic) bond motifs is 2. The Morgan fingerprint density at radius 2 is 1.37 bits per heavy atom. The number of para-hydroxylation sites is 1. The highest BCUT2D eigenvalue weighted by molar-refractivity contribution is 5.85. The van der Waals surface area contributed by atoms with E-state index in [0.29, 0.717) is 19.7 Å². The van der Waals surface area contributed by atoms with Gasteiger partial charge in [0.15, 0.2) is 0 Å². The third kappa shape index (κ3) is 6.34. The SMILES string of the molecule is CCN(CC)c1ccc2nc3ccc(N=Nc4ccc(N(CCO)CCOC)cc4)cc3[n+](-c3ccccc3)c2c1. The Labute approximate surface area is 241 Å². The Bertz CT molecular complexity index is 1620. The number of aliphatic hydroxyl groups excluding tert-OH is 1. The molecule has 1 N–H and O–H groups in total. The molecule has 0 unspecified atom stereocenters. The van der Waals surface area contributed by atoms with Crippen molar-refractivity contribution in [2.45, 2.75) is 13.8 Å². The highest BCUT2D eigenvalue weighted by Gasteiger charge is 2.21. The molecular weight excluding hydrogens is 512 g/mol. The van der Waals surface area contributed by atoms with Gasteiger partial charge in [0.05, 0.1) is 24.6 Å². The molecule has 0 saturated heterocycles. The second-order valence-electron chi connectivity index (χ2n) is 9.72. The molecule has 0 fully saturated rings. The fourth-order valence-electron chi connectivity index (χ4n) is 5.07. The summed E-state index contributed by atoms with van der Waals surface area (Å²) >= 11 is 0. The zero-order chi connectivity index (χ0) is 28.6. The second kappa shape index (κ2) is 13.3. The summed E-state index contributed by atoms with van der Waals surface area (Å²) in [5.74, 6) is 0. The molecule has 0 saturated carbocycles. The highest BCUT2D eigenvalue weighted by atomic mass is 16.5. The summed E-state index contributed by atoms with van der Waals surface area (Å²) in [6, 6.07) is 30.7. The van der Waals surface area contributed by atoms with E-state index < -0.39 is 0 Å². The van der Waals surface area contributed by atoms with Gasteiger partial charge in [0.2, 0.25) is 16.7 Å². The van der Waals surface area contributed by atoms with Gasteiger partial charge in [-0.05, 0) is 62.4 Å². The standard InChI is InChI=1S/C33H37N6O2/c1-4-37(5-2)29-16-18-31-33(24-29)39(28-9-7-6-8-10-28)32-23-26(13-17-30(32)34-31)36-35-25-11-14-27(15-12-25)38(19-21-40)20-22-41-3/h6-18,23-24,40H,4-5,19-22H2,1-3H3/q+1. The molecule has 1 aromatic heterocycles. The number of anilines is 2. The molecule has 1 heterocycles. The minimum Gasteiger partial charge on any atom is -0.395 e. The smallest absolute Gasteiger partial charge is 0.239 e. The molecule has 0 amide bonds. The molecule has 0 bridgehead atoms. The summed E-state index contributed by atoms with van der Waals surface area (Å²) < 4.78 is 7.46. The van der Waals surface area contributed by atoms with Crippen molar-refractivity contribution in [1.82, 2.24) is 4.98 Å². The molecule has 5 aromatic rings. The molecule has 5 rings (SSSR count). The highest BCUT2D eigenvalue weighted by Crippen LogP contribution is 2.27. The summed E-state index contributed by atoms with van der Waals surface area (Å²) in [4.78, 5) is 9.42. The molecular formula is C33H37N6O2+. The number of benzene rings is 4. The Morgan fingerprint density at radius 3 is 2.05 bits per heavy atom. The van der Waals surface area contributed by atoms with E-state index in [4.69, 9.17) is 9.72 Å². The Balaban J connectivity index is 1.53. The van der Waals surface area contributed by atoms with Crippen LogP contribution < -0.4 is 14.4 Å². The first kappa shape index (κ1) is 28.1. The predicted molar refractivity (Wildman–Crippen MR) is 166 cm³/mol. The van der Waals surface area contributed by atoms with Crippen LogP contribution >= 0.6 is 0 Å². The minimum atomic E-state index is 0.0804. The first-order valence-electron chi connectivity index (χ1n) is 14.1. The second-order valence-corrected chi connectivity index (χ2v) is 9.72. The van der Waals surface area contributed by atoms with Crippen molar-refractivity contribution in [2.24, 2.45) is 10.2 Å². The monoisotopic (exact) mass is 549 g/mol. The Hall–Kier alpha value is -4.40. The van der Waals surface area contributed by atoms with Gasteiger partial charge in [0.1, 0.15) is 11.0 Å². The first-order chi connectivity index (χ1) is 20.1. The van der Waals surface area contributed by atoms with E-state index in [9.17, 15) is 5.11 Å². The number of methoxy groups -OCH3 is 1. The number of azo groups is 1. The van der Waals surface area contributed by atoms with E-state index in [2.05, 4.69) is 80.9 Å². The van der Waals surface area contributed by atoms with E-state index in [-0.39, 0.29) is 6.61 Å². The Kier molecular flexibility index (Phi) is 9.13. The molecule has 4 aromatic carbocycles. The van der Waals surface area contributed by atoms with Crippen molar-refractivity contribution >= 4 is 44.8 Å². The van der Waals surface area contributed by atoms with Gasteiger partial charge in [-0.3, -0.25) is 0 Å². The van der Waals surface area contributed by atoms with Crippen molar-refractivity contribution in [3.05, 3.63) is 91.0 Å². The lowest BCUT2D eigenvalue weighted by Crippen LogP contribution is -2.33. The van der Waals surface area contributed by atoms with Crippen LogP contribution in [-0.2, 0) is 4.74 Å². The van der Waals surface area contributed by atoms with Gasteiger partial charge in [-0.15, -0.1) is 4.57 Å². The van der Waals surface area contributed by atoms with Gasteiger partial charge in [-0.2, -0.15) is 10.2 Å². The Morgan fingerprint density at radius 1 is 0.732 bits per heavy atom. The first-order valence-corrected chi connectivity index (χ1v) is 14.1. The number of nitrogens with zero attached hydrogens (tertiary/aromatic N) is 6. The van der Waals surface area contributed by atoms with Gasteiger partial charge in [0, 0.05) is 68.9 Å². The molecule has 41 heavy (non-hydrogen) atoms. The lowest BCUT2D eigenvalue weighted by atomic mass is 10.1. The van der Waals surface area contributed by atoms with Crippen LogP contribution in [0, 0.1) is 0 Å². The third-order valence-electron chi connectivity index (χ3n) is 7.21. The molecule has 0 radical (unpaired) electrons. The number of aromatic nitrogens is 2. The summed E-state index contributed by atoms with van der Waals surface area (Å²) in [6.45, 7) is 8.14. The maximum absolute atomic E-state index is 9.42. The van der Waals surface area contributed by atoms with Crippen LogP contribution in [0.4, 0.5) is 22.7 Å². The van der Waals surface area contributed by atoms with Gasteiger partial charge >= 0.3 is 0 Å². The number of rotatable bonds is 12. The average Bonchev–Trinajstić information content (AvgIpc) is 3.02. The lowest BCUT2D eigenvalue weighted by Gasteiger charge is -2.23. The van der Waals surface area contributed by atoms with Gasteiger partial charge in [-0.25, -0.2) is 4.98 Å². The average molecular weight is 550 g/mol. The third-order valence-corrected chi connectivity index (χ3v) is 7.21. The summed E-state index contributed by atoms with van der Waals surface area (Å²) in [7, 11) is 1.68. The zero-order valence-corrected chi connectivity index (χ0v) is 23.9. The van der Waals surface area contributed by atoms with E-state index in [1.165, 1.54) is 5.69 Å². The van der Waals surface area contributed by atoms with Crippen molar-refractivity contribution in [1.29, 1.82) is 0 Å². The molecule has 8 heteroatoms. The number of ether oxygens (including phenoxy) is 1. The van der Waals surface area contributed by atoms with Crippen LogP contribution in [-0.4, -0.2) is 56.6 Å². The molecule has 0 aliphatic carbocycles. The fourth-order valence-corrected chi connectivity index (χ4v) is 5.07. The van der Waals surface area contributed by atoms with Crippen LogP contribution in [0.25, 0.3) is 27.8 Å². The largest absolute Gasteiger partial charge is 0.395 e. The molecule has 0 aliphatic heterocycles. The molecule has 210 valence electrons. The van der Waals surface area contributed by atoms with E-state index in [1.54, 1.807) is 7.11 Å². The number of aliphatic hydroxyl groups is 1. The molecule has 0 spiro atoms. The zero-order valence-electron chi connectivity index (χ0n) is 23.9. The van der Waals surface area contributed by atoms with Crippen LogP contribution in [0.2, 0.25) is 0 Å². The van der Waals surface area contributed by atoms with Crippen molar-refractivity contribution in [3.63, 3.8) is 0 Å². The van der Waals surface area contributed by atoms with E-state index in [1.807, 2.05) is 48.5 Å². The summed E-state index contributed by atoms with van der Waals surface area (Å²) in [5.41, 5.74) is 8.57. The van der Waals surface area contributed by atoms with Crippen molar-refractivity contribution in [2.75, 3.05) is 56.3 Å². The normalized spacial score (nSPS) is 11.5. The summed E-state index contributed by atoms with van der Waals surface area (Å²) in [6.07, 6.45) is 0. The van der Waals surface area contributed by atoms with E-state index in [0.717, 1.165) is 57.9 Å². The fraction of sp³-hybridized carbons (Fsp3) is 0.273.